The first-order valence-electron chi connectivity index (χ1n) is 9.75. The van der Waals surface area contributed by atoms with Gasteiger partial charge >= 0.3 is 0 Å². The second-order valence-electron chi connectivity index (χ2n) is 7.16. The quantitative estimate of drug-likeness (QED) is 0.299. The van der Waals surface area contributed by atoms with Gasteiger partial charge in [-0.3, -0.25) is 9.48 Å². The lowest BCUT2D eigenvalue weighted by molar-refractivity contribution is 0.0992. The first-order valence-corrected chi connectivity index (χ1v) is 10.9. The van der Waals surface area contributed by atoms with Gasteiger partial charge in [0.2, 0.25) is 0 Å². The van der Waals surface area contributed by atoms with E-state index in [2.05, 4.69) is 10.4 Å². The lowest BCUT2D eigenvalue weighted by atomic mass is 10.2. The summed E-state index contributed by atoms with van der Waals surface area (Å²) in [5.74, 6) is 0.268. The number of carbonyl (C=O) groups excluding carboxylic acids is 1. The van der Waals surface area contributed by atoms with E-state index in [1.54, 1.807) is 28.9 Å². The molecule has 0 unspecified atom stereocenters. The third-order valence-corrected chi connectivity index (χ3v) is 5.72. The Morgan fingerprint density at radius 3 is 2.64 bits per heavy atom. The number of hydrogen-bond donors (Lipinski definition) is 1. The standard InChI is InChI=1S/C23H17Cl3FN3O3/c1-13-8-22(29-30(13)11-14-2-5-17(24)18(25)9-14)28-23(31)21-7-4-16(33-21)12-32-20-6-3-15(27)10-19(20)26/h2-10H,11-12H2,1H3,(H,28,29,31). The van der Waals surface area contributed by atoms with Crippen molar-refractivity contribution in [2.24, 2.45) is 0 Å². The average molecular weight is 509 g/mol. The van der Waals surface area contributed by atoms with Gasteiger partial charge in [-0.2, -0.15) is 5.10 Å². The van der Waals surface area contributed by atoms with Gasteiger partial charge in [-0.15, -0.1) is 0 Å². The normalized spacial score (nSPS) is 10.9. The third-order valence-electron chi connectivity index (χ3n) is 4.69. The number of rotatable bonds is 7. The highest BCUT2D eigenvalue weighted by atomic mass is 35.5. The molecule has 0 aliphatic heterocycles. The summed E-state index contributed by atoms with van der Waals surface area (Å²) in [7, 11) is 0. The van der Waals surface area contributed by atoms with Gasteiger partial charge in [0.15, 0.2) is 11.6 Å². The maximum atomic E-state index is 13.1. The Morgan fingerprint density at radius 2 is 1.88 bits per heavy atom. The average Bonchev–Trinajstić information content (AvgIpc) is 3.37. The predicted octanol–water partition coefficient (Wildman–Crippen LogP) is 6.76. The molecule has 2 aromatic carbocycles. The number of hydrogen-bond acceptors (Lipinski definition) is 4. The number of amides is 1. The number of aromatic nitrogens is 2. The van der Waals surface area contributed by atoms with E-state index in [4.69, 9.17) is 44.0 Å². The molecule has 4 rings (SSSR count). The molecule has 4 aromatic rings. The highest BCUT2D eigenvalue weighted by Gasteiger charge is 2.15. The Kier molecular flexibility index (Phi) is 6.93. The summed E-state index contributed by atoms with van der Waals surface area (Å²) >= 11 is 18.0. The summed E-state index contributed by atoms with van der Waals surface area (Å²) < 4.78 is 25.9. The van der Waals surface area contributed by atoms with Crippen LogP contribution in [0, 0.1) is 12.7 Å². The molecule has 6 nitrogen and oxygen atoms in total. The van der Waals surface area contributed by atoms with Crippen molar-refractivity contribution in [2.75, 3.05) is 5.32 Å². The summed E-state index contributed by atoms with van der Waals surface area (Å²) in [6.07, 6.45) is 0. The zero-order valence-corrected chi connectivity index (χ0v) is 19.5. The van der Waals surface area contributed by atoms with Crippen LogP contribution in [-0.4, -0.2) is 15.7 Å². The van der Waals surface area contributed by atoms with E-state index >= 15 is 0 Å². The second kappa shape index (κ2) is 9.87. The molecular weight excluding hydrogens is 492 g/mol. The number of halogens is 4. The van der Waals surface area contributed by atoms with E-state index in [1.165, 1.54) is 18.2 Å². The molecule has 0 aliphatic carbocycles. The maximum absolute atomic E-state index is 13.1. The SMILES string of the molecule is Cc1cc(NC(=O)c2ccc(COc3ccc(F)cc3Cl)o2)nn1Cc1ccc(Cl)c(Cl)c1. The summed E-state index contributed by atoms with van der Waals surface area (Å²) in [5.41, 5.74) is 1.77. The summed E-state index contributed by atoms with van der Waals surface area (Å²) in [4.78, 5) is 12.6. The molecule has 2 heterocycles. The van der Waals surface area contributed by atoms with E-state index in [9.17, 15) is 9.18 Å². The summed E-state index contributed by atoms with van der Waals surface area (Å²) in [5, 5.41) is 8.22. The topological polar surface area (TPSA) is 69.3 Å². The van der Waals surface area contributed by atoms with Crippen LogP contribution < -0.4 is 10.1 Å². The van der Waals surface area contributed by atoms with Gasteiger partial charge in [0.1, 0.15) is 23.9 Å². The molecule has 0 saturated carbocycles. The largest absolute Gasteiger partial charge is 0.484 e. The molecule has 0 aliphatic rings. The highest BCUT2D eigenvalue weighted by Crippen LogP contribution is 2.26. The van der Waals surface area contributed by atoms with Crippen molar-refractivity contribution in [2.45, 2.75) is 20.1 Å². The van der Waals surface area contributed by atoms with Crippen molar-refractivity contribution >= 4 is 46.5 Å². The molecule has 1 amide bonds. The molecule has 0 saturated heterocycles. The third kappa shape index (κ3) is 5.68. The van der Waals surface area contributed by atoms with E-state index in [1.807, 2.05) is 13.0 Å². The van der Waals surface area contributed by atoms with Crippen molar-refractivity contribution in [3.05, 3.63) is 98.3 Å². The smallest absolute Gasteiger partial charge is 0.292 e. The predicted molar refractivity (Wildman–Crippen MR) is 125 cm³/mol. The van der Waals surface area contributed by atoms with E-state index < -0.39 is 11.7 Å². The Balaban J connectivity index is 1.38. The van der Waals surface area contributed by atoms with Gasteiger partial charge in [-0.1, -0.05) is 40.9 Å². The van der Waals surface area contributed by atoms with Gasteiger partial charge < -0.3 is 14.5 Å². The number of anilines is 1. The van der Waals surface area contributed by atoms with Crippen LogP contribution in [0.4, 0.5) is 10.2 Å². The van der Waals surface area contributed by atoms with E-state index in [0.29, 0.717) is 33.9 Å². The molecular formula is C23H17Cl3FN3O3. The fourth-order valence-electron chi connectivity index (χ4n) is 3.04. The van der Waals surface area contributed by atoms with Crippen LogP contribution in [-0.2, 0) is 13.2 Å². The van der Waals surface area contributed by atoms with E-state index in [0.717, 1.165) is 17.3 Å². The van der Waals surface area contributed by atoms with Crippen molar-refractivity contribution in [1.29, 1.82) is 0 Å². The zero-order chi connectivity index (χ0) is 23.5. The molecule has 10 heteroatoms. The fraction of sp³-hybridized carbons (Fsp3) is 0.130. The van der Waals surface area contributed by atoms with Crippen LogP contribution in [0.3, 0.4) is 0 Å². The monoisotopic (exact) mass is 507 g/mol. The van der Waals surface area contributed by atoms with Gasteiger partial charge in [-0.25, -0.2) is 4.39 Å². The van der Waals surface area contributed by atoms with Gasteiger partial charge in [0, 0.05) is 11.8 Å². The molecule has 0 fully saturated rings. The second-order valence-corrected chi connectivity index (χ2v) is 8.38. The molecule has 170 valence electrons. The lowest BCUT2D eigenvalue weighted by Crippen LogP contribution is -2.12. The Labute approximate surface area is 203 Å². The Hall–Kier alpha value is -3.00. The fourth-order valence-corrected chi connectivity index (χ4v) is 3.58. The summed E-state index contributed by atoms with van der Waals surface area (Å²) in [6, 6.07) is 14.1. The Morgan fingerprint density at radius 1 is 1.06 bits per heavy atom. The molecule has 0 radical (unpaired) electrons. The highest BCUT2D eigenvalue weighted by molar-refractivity contribution is 6.42. The van der Waals surface area contributed by atoms with E-state index in [-0.39, 0.29) is 17.4 Å². The number of nitrogens with one attached hydrogen (secondary N) is 1. The number of nitrogens with zero attached hydrogens (tertiary/aromatic N) is 2. The van der Waals surface area contributed by atoms with Crippen LogP contribution in [0.25, 0.3) is 0 Å². The van der Waals surface area contributed by atoms with Gasteiger partial charge in [0.25, 0.3) is 5.91 Å². The molecule has 0 atom stereocenters. The molecule has 0 bridgehead atoms. The van der Waals surface area contributed by atoms with Crippen LogP contribution in [0.15, 0.2) is 59.0 Å². The summed E-state index contributed by atoms with van der Waals surface area (Å²) in [6.45, 7) is 2.37. The zero-order valence-electron chi connectivity index (χ0n) is 17.2. The van der Waals surface area contributed by atoms with Crippen LogP contribution in [0.5, 0.6) is 5.75 Å². The van der Waals surface area contributed by atoms with Crippen molar-refractivity contribution in [3.8, 4) is 5.75 Å². The minimum absolute atomic E-state index is 0.0238. The molecule has 1 N–H and O–H groups in total. The minimum atomic E-state index is -0.459. The van der Waals surface area contributed by atoms with Crippen molar-refractivity contribution in [1.82, 2.24) is 9.78 Å². The number of benzene rings is 2. The Bertz CT molecular complexity index is 1320. The molecule has 2 aromatic heterocycles. The van der Waals surface area contributed by atoms with Crippen LogP contribution in [0.2, 0.25) is 15.1 Å². The van der Waals surface area contributed by atoms with Gasteiger partial charge in [0.05, 0.1) is 21.6 Å². The number of aryl methyl sites for hydroxylation is 1. The number of furan rings is 1. The maximum Gasteiger partial charge on any atom is 0.292 e. The lowest BCUT2D eigenvalue weighted by Gasteiger charge is -2.06. The van der Waals surface area contributed by atoms with Crippen molar-refractivity contribution in [3.63, 3.8) is 0 Å². The van der Waals surface area contributed by atoms with Gasteiger partial charge in [-0.05, 0) is 55.0 Å². The molecule has 33 heavy (non-hydrogen) atoms. The molecule has 0 spiro atoms. The van der Waals surface area contributed by atoms with Crippen molar-refractivity contribution < 1.29 is 18.3 Å². The van der Waals surface area contributed by atoms with Crippen LogP contribution >= 0.6 is 34.8 Å². The number of ether oxygens (including phenoxy) is 1. The first-order chi connectivity index (χ1) is 15.8. The number of carbonyl (C=O) groups is 1. The first kappa shape index (κ1) is 23.2. The van der Waals surface area contributed by atoms with Crippen LogP contribution in [0.1, 0.15) is 27.6 Å². The minimum Gasteiger partial charge on any atom is -0.484 e.